The zero-order valence-corrected chi connectivity index (χ0v) is 27.6. The van der Waals surface area contributed by atoms with Crippen LogP contribution in [0.5, 0.6) is 0 Å². The second-order valence-electron chi connectivity index (χ2n) is 10.5. The van der Waals surface area contributed by atoms with E-state index in [1.807, 2.05) is 26.0 Å². The van der Waals surface area contributed by atoms with E-state index >= 15 is 0 Å². The molecule has 0 rings (SSSR count). The van der Waals surface area contributed by atoms with Crippen molar-refractivity contribution < 1.29 is 33.2 Å². The van der Waals surface area contributed by atoms with Gasteiger partial charge in [0.15, 0.2) is 25.2 Å². The average molecular weight is 587 g/mol. The molecule has 0 aliphatic carbocycles. The fourth-order valence-corrected chi connectivity index (χ4v) is 4.73. The predicted octanol–water partition coefficient (Wildman–Crippen LogP) is 9.10. The van der Waals surface area contributed by atoms with Crippen molar-refractivity contribution in [2.45, 2.75) is 155 Å². The lowest BCUT2D eigenvalue weighted by molar-refractivity contribution is -0.204. The van der Waals surface area contributed by atoms with Gasteiger partial charge in [0.05, 0.1) is 0 Å². The summed E-state index contributed by atoms with van der Waals surface area (Å²) in [4.78, 5) is 0. The molecule has 7 heteroatoms. The zero-order chi connectivity index (χ0) is 30.2. The summed E-state index contributed by atoms with van der Waals surface area (Å²) in [6, 6.07) is 0. The molecule has 0 aromatic carbocycles. The highest BCUT2D eigenvalue weighted by Crippen LogP contribution is 2.14. The fraction of sp³-hybridized carbons (Fsp3) is 0.882. The molecule has 0 bridgehead atoms. The first-order valence-electron chi connectivity index (χ1n) is 16.5. The maximum Gasteiger partial charge on any atom is 0.180 e. The van der Waals surface area contributed by atoms with Gasteiger partial charge in [-0.15, -0.1) is 0 Å². The normalized spacial score (nSPS) is 13.9. The first-order valence-corrected chi connectivity index (χ1v) is 16.5. The van der Waals surface area contributed by atoms with Crippen LogP contribution in [-0.4, -0.2) is 66.8 Å². The molecular formula is C34H66O7. The van der Waals surface area contributed by atoms with Gasteiger partial charge in [-0.1, -0.05) is 76.4 Å². The van der Waals surface area contributed by atoms with Gasteiger partial charge in [-0.05, 0) is 77.4 Å². The van der Waals surface area contributed by atoms with Gasteiger partial charge < -0.3 is 33.2 Å². The molecule has 0 saturated heterocycles. The summed E-state index contributed by atoms with van der Waals surface area (Å²) in [5, 5.41) is 0. The van der Waals surface area contributed by atoms with Crippen LogP contribution in [0.4, 0.5) is 0 Å². The van der Waals surface area contributed by atoms with Crippen LogP contribution in [0, 0.1) is 0 Å². The van der Waals surface area contributed by atoms with Gasteiger partial charge in [0.25, 0.3) is 0 Å². The van der Waals surface area contributed by atoms with Gasteiger partial charge in [-0.2, -0.15) is 0 Å². The van der Waals surface area contributed by atoms with Crippen molar-refractivity contribution in [2.75, 3.05) is 41.7 Å². The van der Waals surface area contributed by atoms with Crippen LogP contribution in [0.3, 0.4) is 0 Å². The molecule has 0 spiro atoms. The Hall–Kier alpha value is -0.800. The maximum absolute atomic E-state index is 6.11. The topological polar surface area (TPSA) is 64.6 Å². The second-order valence-corrected chi connectivity index (χ2v) is 10.5. The molecule has 2 atom stereocenters. The lowest BCUT2D eigenvalue weighted by Gasteiger charge is -2.20. The van der Waals surface area contributed by atoms with Crippen molar-refractivity contribution in [3.05, 3.63) is 24.3 Å². The van der Waals surface area contributed by atoms with Crippen LogP contribution in [0.15, 0.2) is 24.3 Å². The number of hydrogen-bond acceptors (Lipinski definition) is 7. The van der Waals surface area contributed by atoms with Crippen LogP contribution >= 0.6 is 0 Å². The van der Waals surface area contributed by atoms with E-state index in [0.717, 1.165) is 25.7 Å². The Morgan fingerprint density at radius 1 is 0.439 bits per heavy atom. The van der Waals surface area contributed by atoms with Gasteiger partial charge in [0.2, 0.25) is 0 Å². The third kappa shape index (κ3) is 26.6. The number of rotatable bonds is 32. The minimum atomic E-state index is -0.382. The van der Waals surface area contributed by atoms with E-state index in [4.69, 9.17) is 33.2 Å². The van der Waals surface area contributed by atoms with Crippen molar-refractivity contribution in [1.29, 1.82) is 0 Å². The summed E-state index contributed by atoms with van der Waals surface area (Å²) in [5.41, 5.74) is 0. The van der Waals surface area contributed by atoms with Gasteiger partial charge >= 0.3 is 0 Å². The molecular weight excluding hydrogens is 520 g/mol. The quantitative estimate of drug-likeness (QED) is 0.0442. The van der Waals surface area contributed by atoms with E-state index in [1.54, 1.807) is 28.4 Å². The highest BCUT2D eigenvalue weighted by molar-refractivity contribution is 4.89. The van der Waals surface area contributed by atoms with Crippen molar-refractivity contribution in [3.63, 3.8) is 0 Å². The Bertz CT molecular complexity index is 513. The molecule has 0 aliphatic heterocycles. The number of hydrogen-bond donors (Lipinski definition) is 0. The molecule has 0 heterocycles. The molecule has 244 valence electrons. The Kier molecular flexibility index (Phi) is 31.5. The van der Waals surface area contributed by atoms with Crippen molar-refractivity contribution in [1.82, 2.24) is 0 Å². The molecule has 0 aliphatic rings. The molecule has 0 aromatic rings. The van der Waals surface area contributed by atoms with Crippen LogP contribution in [-0.2, 0) is 33.2 Å². The molecule has 0 N–H and O–H groups in total. The highest BCUT2D eigenvalue weighted by atomic mass is 16.8. The molecule has 2 unspecified atom stereocenters. The lowest BCUT2D eigenvalue weighted by atomic mass is 10.1. The standard InChI is InChI=1S/C34H66O7/c1-7-39-33(29-25-21-17-13-9-11-15-19-23-27-31(35-3)36-4)41-34(40-8-2)30-26-22-18-14-10-12-16-20-24-28-32(37-5)38-6/h25-26,29-34H,7-24,27-28H2,1-6H3. The SMILES string of the molecule is CCOC(C=CCCCCCCCCCC(OC)OC)OC(C=CCCCCCCCCCC(OC)OC)OCC. The molecule has 0 aromatic heterocycles. The van der Waals surface area contributed by atoms with E-state index < -0.39 is 0 Å². The minimum Gasteiger partial charge on any atom is -0.356 e. The molecule has 41 heavy (non-hydrogen) atoms. The average Bonchev–Trinajstić information content (AvgIpc) is 2.98. The van der Waals surface area contributed by atoms with Gasteiger partial charge in [0, 0.05) is 41.7 Å². The van der Waals surface area contributed by atoms with Gasteiger partial charge in [0.1, 0.15) is 0 Å². The number of ether oxygens (including phenoxy) is 7. The highest BCUT2D eigenvalue weighted by Gasteiger charge is 2.12. The number of unbranched alkanes of at least 4 members (excludes halogenated alkanes) is 14. The Morgan fingerprint density at radius 2 is 0.756 bits per heavy atom. The van der Waals surface area contributed by atoms with Crippen LogP contribution in [0.25, 0.3) is 0 Å². The predicted molar refractivity (Wildman–Crippen MR) is 169 cm³/mol. The van der Waals surface area contributed by atoms with Crippen molar-refractivity contribution in [2.24, 2.45) is 0 Å². The van der Waals surface area contributed by atoms with Gasteiger partial charge in [-0.3, -0.25) is 0 Å². The van der Waals surface area contributed by atoms with E-state index in [1.165, 1.54) is 89.9 Å². The van der Waals surface area contributed by atoms with E-state index in [0.29, 0.717) is 13.2 Å². The third-order valence-corrected chi connectivity index (χ3v) is 7.19. The first-order chi connectivity index (χ1) is 20.1. The summed E-state index contributed by atoms with van der Waals surface area (Å²) in [5.74, 6) is 0. The lowest BCUT2D eigenvalue weighted by Crippen LogP contribution is -2.24. The zero-order valence-electron chi connectivity index (χ0n) is 27.6. The first kappa shape index (κ1) is 40.2. The molecule has 0 fully saturated rings. The summed E-state index contributed by atoms with van der Waals surface area (Å²) in [6.45, 7) is 5.20. The van der Waals surface area contributed by atoms with E-state index in [2.05, 4.69) is 12.2 Å². The smallest absolute Gasteiger partial charge is 0.180 e. The largest absolute Gasteiger partial charge is 0.356 e. The Balaban J connectivity index is 4.02. The van der Waals surface area contributed by atoms with Crippen molar-refractivity contribution in [3.8, 4) is 0 Å². The maximum atomic E-state index is 6.11. The number of allylic oxidation sites excluding steroid dienone is 2. The summed E-state index contributed by atoms with van der Waals surface area (Å²) >= 11 is 0. The Morgan fingerprint density at radius 3 is 1.07 bits per heavy atom. The monoisotopic (exact) mass is 586 g/mol. The second kappa shape index (κ2) is 32.1. The minimum absolute atomic E-state index is 0.0517. The van der Waals surface area contributed by atoms with Crippen LogP contribution in [0.2, 0.25) is 0 Å². The van der Waals surface area contributed by atoms with Crippen molar-refractivity contribution >= 4 is 0 Å². The molecule has 0 amide bonds. The Labute approximate surface area is 253 Å². The summed E-state index contributed by atoms with van der Waals surface area (Å²) in [6.07, 6.45) is 29.1. The van der Waals surface area contributed by atoms with Crippen LogP contribution in [0.1, 0.15) is 129 Å². The summed E-state index contributed by atoms with van der Waals surface area (Å²) in [7, 11) is 6.82. The van der Waals surface area contributed by atoms with E-state index in [-0.39, 0.29) is 25.2 Å². The van der Waals surface area contributed by atoms with Crippen LogP contribution < -0.4 is 0 Å². The number of methoxy groups -OCH3 is 4. The van der Waals surface area contributed by atoms with Gasteiger partial charge in [-0.25, -0.2) is 0 Å². The molecule has 0 saturated carbocycles. The summed E-state index contributed by atoms with van der Waals surface area (Å²) < 4.78 is 38.7. The molecule has 0 radical (unpaired) electrons. The molecule has 7 nitrogen and oxygen atoms in total. The third-order valence-electron chi connectivity index (χ3n) is 7.19. The van der Waals surface area contributed by atoms with E-state index in [9.17, 15) is 0 Å². The fourth-order valence-electron chi connectivity index (χ4n) is 4.73.